The average molecular weight is 262 g/mol. The lowest BCUT2D eigenvalue weighted by Gasteiger charge is -2.25. The number of rotatable bonds is 4. The van der Waals surface area contributed by atoms with E-state index in [9.17, 15) is 4.79 Å². The van der Waals surface area contributed by atoms with E-state index in [1.807, 2.05) is 4.90 Å². The van der Waals surface area contributed by atoms with E-state index in [2.05, 4.69) is 29.8 Å². The van der Waals surface area contributed by atoms with Crippen molar-refractivity contribution >= 4 is 21.8 Å². The summed E-state index contributed by atoms with van der Waals surface area (Å²) in [6.07, 6.45) is 3.55. The topological polar surface area (TPSA) is 20.3 Å². The van der Waals surface area contributed by atoms with Gasteiger partial charge < -0.3 is 4.90 Å². The van der Waals surface area contributed by atoms with Crippen LogP contribution in [-0.4, -0.2) is 29.2 Å². The van der Waals surface area contributed by atoms with Crippen molar-refractivity contribution in [2.75, 3.05) is 18.4 Å². The van der Waals surface area contributed by atoms with Crippen molar-refractivity contribution in [3.8, 4) is 0 Å². The summed E-state index contributed by atoms with van der Waals surface area (Å²) in [5.41, 5.74) is 0. The molecule has 3 heteroatoms. The highest BCUT2D eigenvalue weighted by atomic mass is 79.9. The van der Waals surface area contributed by atoms with E-state index in [1.165, 1.54) is 12.8 Å². The summed E-state index contributed by atoms with van der Waals surface area (Å²) in [6.45, 7) is 5.95. The van der Waals surface area contributed by atoms with Crippen LogP contribution < -0.4 is 0 Å². The Morgan fingerprint density at radius 2 is 2.21 bits per heavy atom. The van der Waals surface area contributed by atoms with Crippen molar-refractivity contribution in [2.45, 2.75) is 33.1 Å². The van der Waals surface area contributed by atoms with Crippen LogP contribution in [0.1, 0.15) is 33.1 Å². The quantitative estimate of drug-likeness (QED) is 0.713. The molecule has 0 aromatic heterocycles. The minimum Gasteiger partial charge on any atom is -0.342 e. The van der Waals surface area contributed by atoms with E-state index < -0.39 is 0 Å². The first kappa shape index (κ1) is 12.0. The molecule has 2 atom stereocenters. The van der Waals surface area contributed by atoms with Crippen LogP contribution in [0.4, 0.5) is 0 Å². The Morgan fingerprint density at radius 3 is 2.64 bits per heavy atom. The molecule has 0 aliphatic heterocycles. The van der Waals surface area contributed by atoms with Crippen LogP contribution in [-0.2, 0) is 4.79 Å². The fraction of sp³-hybridized carbons (Fsp3) is 0.909. The number of alkyl halides is 1. The van der Waals surface area contributed by atoms with Gasteiger partial charge in [0.2, 0.25) is 5.91 Å². The normalized spacial score (nSPS) is 26.5. The zero-order valence-corrected chi connectivity index (χ0v) is 10.7. The number of halogens is 1. The first-order valence-electron chi connectivity index (χ1n) is 5.55. The molecule has 1 fully saturated rings. The maximum atomic E-state index is 12.1. The van der Waals surface area contributed by atoms with Gasteiger partial charge in [0.05, 0.1) is 0 Å². The maximum Gasteiger partial charge on any atom is 0.225 e. The smallest absolute Gasteiger partial charge is 0.225 e. The highest BCUT2D eigenvalue weighted by Gasteiger charge is 2.31. The van der Waals surface area contributed by atoms with Gasteiger partial charge >= 0.3 is 0 Å². The van der Waals surface area contributed by atoms with Crippen molar-refractivity contribution in [1.29, 1.82) is 0 Å². The minimum absolute atomic E-state index is 0.300. The molecule has 1 saturated carbocycles. The number of hydrogen-bond acceptors (Lipinski definition) is 1. The molecule has 1 rings (SSSR count). The van der Waals surface area contributed by atoms with Gasteiger partial charge in [-0.15, -0.1) is 0 Å². The molecule has 2 unspecified atom stereocenters. The zero-order valence-electron chi connectivity index (χ0n) is 9.13. The second kappa shape index (κ2) is 5.74. The molecular formula is C11H20BrNO. The van der Waals surface area contributed by atoms with Gasteiger partial charge in [-0.3, -0.25) is 4.79 Å². The molecule has 1 amide bonds. The number of nitrogens with zero attached hydrogens (tertiary/aromatic N) is 1. The van der Waals surface area contributed by atoms with Crippen LogP contribution in [0.25, 0.3) is 0 Å². The van der Waals surface area contributed by atoms with Gasteiger partial charge in [0.15, 0.2) is 0 Å². The summed E-state index contributed by atoms with van der Waals surface area (Å²) >= 11 is 3.39. The standard InChI is InChI=1S/C11H20BrNO/c1-3-13(8-7-12)11(14)10-6-4-5-9(10)2/h9-10H,3-8H2,1-2H3. The number of carbonyl (C=O) groups excluding carboxylic acids is 1. The van der Waals surface area contributed by atoms with Crippen LogP contribution in [0.2, 0.25) is 0 Å². The van der Waals surface area contributed by atoms with Crippen LogP contribution in [0.3, 0.4) is 0 Å². The van der Waals surface area contributed by atoms with Gasteiger partial charge in [-0.2, -0.15) is 0 Å². The lowest BCUT2D eigenvalue weighted by molar-refractivity contribution is -0.136. The predicted octanol–water partition coefficient (Wildman–Crippen LogP) is 2.67. The molecule has 1 aliphatic rings. The molecule has 2 nitrogen and oxygen atoms in total. The lowest BCUT2D eigenvalue weighted by atomic mass is 9.96. The fourth-order valence-electron chi connectivity index (χ4n) is 2.27. The first-order valence-corrected chi connectivity index (χ1v) is 6.67. The van der Waals surface area contributed by atoms with Crippen LogP contribution in [0.5, 0.6) is 0 Å². The second-order valence-electron chi connectivity index (χ2n) is 4.12. The first-order chi connectivity index (χ1) is 6.70. The van der Waals surface area contributed by atoms with Crippen molar-refractivity contribution in [3.05, 3.63) is 0 Å². The van der Waals surface area contributed by atoms with Gasteiger partial charge in [0.25, 0.3) is 0 Å². The van der Waals surface area contributed by atoms with Gasteiger partial charge in [-0.25, -0.2) is 0 Å². The Kier molecular flexibility index (Phi) is 4.93. The Balaban J connectivity index is 2.52. The van der Waals surface area contributed by atoms with Crippen molar-refractivity contribution in [2.24, 2.45) is 11.8 Å². The summed E-state index contributed by atoms with van der Waals surface area (Å²) < 4.78 is 0. The van der Waals surface area contributed by atoms with Crippen molar-refractivity contribution < 1.29 is 4.79 Å². The average Bonchev–Trinajstić information content (AvgIpc) is 2.59. The third-order valence-corrected chi connectivity index (χ3v) is 3.58. The molecule has 0 aromatic rings. The molecule has 0 heterocycles. The largest absolute Gasteiger partial charge is 0.342 e. The van der Waals surface area contributed by atoms with E-state index in [4.69, 9.17) is 0 Å². The van der Waals surface area contributed by atoms with E-state index in [1.54, 1.807) is 0 Å². The van der Waals surface area contributed by atoms with Gasteiger partial charge in [-0.1, -0.05) is 29.3 Å². The molecule has 0 aromatic carbocycles. The molecule has 14 heavy (non-hydrogen) atoms. The summed E-state index contributed by atoms with van der Waals surface area (Å²) in [6, 6.07) is 0. The highest BCUT2D eigenvalue weighted by Crippen LogP contribution is 2.32. The number of hydrogen-bond donors (Lipinski definition) is 0. The molecule has 0 bridgehead atoms. The molecule has 0 saturated heterocycles. The van der Waals surface area contributed by atoms with Crippen molar-refractivity contribution in [1.82, 2.24) is 4.90 Å². The summed E-state index contributed by atoms with van der Waals surface area (Å²) in [5.74, 6) is 1.26. The van der Waals surface area contributed by atoms with Crippen molar-refractivity contribution in [3.63, 3.8) is 0 Å². The van der Waals surface area contributed by atoms with Gasteiger partial charge in [-0.05, 0) is 25.7 Å². The minimum atomic E-state index is 0.300. The maximum absolute atomic E-state index is 12.1. The second-order valence-corrected chi connectivity index (χ2v) is 4.91. The van der Waals surface area contributed by atoms with Crippen LogP contribution >= 0.6 is 15.9 Å². The predicted molar refractivity (Wildman–Crippen MR) is 62.6 cm³/mol. The van der Waals surface area contributed by atoms with Gasteiger partial charge in [0, 0.05) is 24.3 Å². The van der Waals surface area contributed by atoms with E-state index in [0.717, 1.165) is 24.8 Å². The van der Waals surface area contributed by atoms with E-state index in [-0.39, 0.29) is 0 Å². The summed E-state index contributed by atoms with van der Waals surface area (Å²) in [7, 11) is 0. The fourth-order valence-corrected chi connectivity index (χ4v) is 2.70. The number of carbonyl (C=O) groups is 1. The highest BCUT2D eigenvalue weighted by molar-refractivity contribution is 9.09. The van der Waals surface area contributed by atoms with Crippen LogP contribution in [0.15, 0.2) is 0 Å². The van der Waals surface area contributed by atoms with Crippen LogP contribution in [0, 0.1) is 11.8 Å². The zero-order chi connectivity index (χ0) is 10.6. The number of amides is 1. The third kappa shape index (κ3) is 2.72. The molecule has 0 N–H and O–H groups in total. The Bertz CT molecular complexity index is 196. The summed E-state index contributed by atoms with van der Waals surface area (Å²) in [5, 5.41) is 0.883. The molecule has 0 spiro atoms. The third-order valence-electron chi connectivity index (χ3n) is 3.23. The molecule has 0 radical (unpaired) electrons. The SMILES string of the molecule is CCN(CCBr)C(=O)C1CCCC1C. The molecular weight excluding hydrogens is 242 g/mol. The Morgan fingerprint density at radius 1 is 1.50 bits per heavy atom. The Hall–Kier alpha value is -0.0500. The van der Waals surface area contributed by atoms with E-state index in [0.29, 0.717) is 17.7 Å². The monoisotopic (exact) mass is 261 g/mol. The van der Waals surface area contributed by atoms with Gasteiger partial charge in [0.1, 0.15) is 0 Å². The summed E-state index contributed by atoms with van der Waals surface area (Å²) in [4.78, 5) is 14.1. The van der Waals surface area contributed by atoms with E-state index >= 15 is 0 Å². The lowest BCUT2D eigenvalue weighted by Crippen LogP contribution is -2.38. The Labute approximate surface area is 95.2 Å². The molecule has 1 aliphatic carbocycles. The molecule has 82 valence electrons.